The van der Waals surface area contributed by atoms with Crippen LogP contribution in [0.5, 0.6) is 5.75 Å². The van der Waals surface area contributed by atoms with E-state index in [4.69, 9.17) is 9.47 Å². The standard InChI is InChI=1S/C24H28N6O3/c1-32-20-7-3-5-18(13-20)15-28-11-8-24(9-12-28)17-29(23(31)33-2)16-21-26-27-22(30(21)24)19-6-4-10-25-14-19/h3-7,10,13-14H,8-9,11-12,15-17H2,1-2H3. The molecule has 172 valence electrons. The molecule has 0 N–H and O–H groups in total. The van der Waals surface area contributed by atoms with Crippen LogP contribution < -0.4 is 4.74 Å². The molecule has 9 nitrogen and oxygen atoms in total. The Bertz CT molecular complexity index is 1120. The zero-order chi connectivity index (χ0) is 22.8. The first-order valence-corrected chi connectivity index (χ1v) is 11.2. The van der Waals surface area contributed by atoms with Crippen LogP contribution in [0.3, 0.4) is 0 Å². The van der Waals surface area contributed by atoms with Crippen LogP contribution in [0.1, 0.15) is 24.2 Å². The number of hydrogen-bond acceptors (Lipinski definition) is 7. The Morgan fingerprint density at radius 3 is 2.70 bits per heavy atom. The molecule has 4 heterocycles. The summed E-state index contributed by atoms with van der Waals surface area (Å²) in [5, 5.41) is 8.97. The van der Waals surface area contributed by atoms with E-state index in [1.165, 1.54) is 12.7 Å². The molecule has 1 aromatic carbocycles. The van der Waals surface area contributed by atoms with Crippen LogP contribution in [-0.2, 0) is 23.4 Å². The Labute approximate surface area is 193 Å². The number of benzene rings is 1. The SMILES string of the molecule is COC(=O)N1Cc2nnc(-c3cccnc3)n2C2(CCN(Cc3cccc(OC)c3)CC2)C1. The normalized spacial score (nSPS) is 17.6. The van der Waals surface area contributed by atoms with Crippen molar-refractivity contribution in [2.45, 2.75) is 31.5 Å². The van der Waals surface area contributed by atoms with Crippen LogP contribution in [0.15, 0.2) is 48.8 Å². The first-order valence-electron chi connectivity index (χ1n) is 11.2. The molecule has 0 bridgehead atoms. The molecule has 0 aliphatic carbocycles. The second kappa shape index (κ2) is 8.82. The number of amides is 1. The summed E-state index contributed by atoms with van der Waals surface area (Å²) in [7, 11) is 3.11. The number of piperidine rings is 1. The van der Waals surface area contributed by atoms with Crippen LogP contribution in [0.4, 0.5) is 4.79 Å². The third kappa shape index (κ3) is 4.04. The second-order valence-corrected chi connectivity index (χ2v) is 8.70. The fourth-order valence-electron chi connectivity index (χ4n) is 5.05. The van der Waals surface area contributed by atoms with Gasteiger partial charge in [-0.05, 0) is 42.7 Å². The van der Waals surface area contributed by atoms with E-state index in [1.807, 2.05) is 30.5 Å². The van der Waals surface area contributed by atoms with Gasteiger partial charge in [0.15, 0.2) is 11.6 Å². The zero-order valence-corrected chi connectivity index (χ0v) is 19.0. The maximum absolute atomic E-state index is 12.5. The van der Waals surface area contributed by atoms with Gasteiger partial charge >= 0.3 is 6.09 Å². The highest BCUT2D eigenvalue weighted by Gasteiger charge is 2.45. The maximum atomic E-state index is 12.5. The summed E-state index contributed by atoms with van der Waals surface area (Å²) in [5.41, 5.74) is 1.87. The second-order valence-electron chi connectivity index (χ2n) is 8.70. The minimum absolute atomic E-state index is 0.290. The highest BCUT2D eigenvalue weighted by molar-refractivity contribution is 5.68. The summed E-state index contributed by atoms with van der Waals surface area (Å²) in [6.45, 7) is 3.62. The summed E-state index contributed by atoms with van der Waals surface area (Å²) in [6, 6.07) is 12.1. The lowest BCUT2D eigenvalue weighted by Crippen LogP contribution is -2.57. The number of pyridine rings is 1. The van der Waals surface area contributed by atoms with Gasteiger partial charge in [0.05, 0.1) is 26.3 Å². The molecule has 1 spiro atoms. The molecular formula is C24H28N6O3. The maximum Gasteiger partial charge on any atom is 0.409 e. The predicted octanol–water partition coefficient (Wildman–Crippen LogP) is 2.92. The summed E-state index contributed by atoms with van der Waals surface area (Å²) in [6.07, 6.45) is 4.99. The van der Waals surface area contributed by atoms with E-state index in [-0.39, 0.29) is 11.6 Å². The molecule has 1 amide bonds. The number of nitrogens with zero attached hydrogens (tertiary/aromatic N) is 6. The van der Waals surface area contributed by atoms with Crippen molar-refractivity contribution < 1.29 is 14.3 Å². The average Bonchev–Trinajstić information content (AvgIpc) is 3.31. The van der Waals surface area contributed by atoms with Gasteiger partial charge in [0.25, 0.3) is 0 Å². The molecule has 1 fully saturated rings. The first-order chi connectivity index (χ1) is 16.1. The third-order valence-corrected chi connectivity index (χ3v) is 6.70. The lowest BCUT2D eigenvalue weighted by Gasteiger charge is -2.48. The highest BCUT2D eigenvalue weighted by Crippen LogP contribution is 2.39. The Kier molecular flexibility index (Phi) is 5.72. The molecule has 2 aliphatic rings. The van der Waals surface area contributed by atoms with E-state index >= 15 is 0 Å². The predicted molar refractivity (Wildman–Crippen MR) is 122 cm³/mol. The van der Waals surface area contributed by atoms with Gasteiger partial charge in [-0.15, -0.1) is 10.2 Å². The molecule has 5 rings (SSSR count). The van der Waals surface area contributed by atoms with Crippen molar-refractivity contribution in [3.8, 4) is 17.1 Å². The fraction of sp³-hybridized carbons (Fsp3) is 0.417. The molecule has 0 saturated carbocycles. The average molecular weight is 449 g/mol. The molecule has 2 aromatic heterocycles. The molecule has 1 saturated heterocycles. The van der Waals surface area contributed by atoms with Crippen molar-refractivity contribution in [3.63, 3.8) is 0 Å². The number of fused-ring (bicyclic) bond motifs is 2. The fourth-order valence-corrected chi connectivity index (χ4v) is 5.05. The van der Waals surface area contributed by atoms with Gasteiger partial charge in [0, 0.05) is 44.1 Å². The highest BCUT2D eigenvalue weighted by atomic mass is 16.5. The third-order valence-electron chi connectivity index (χ3n) is 6.70. The van der Waals surface area contributed by atoms with E-state index in [2.05, 4.69) is 36.8 Å². The molecular weight excluding hydrogens is 420 g/mol. The van der Waals surface area contributed by atoms with Gasteiger partial charge in [0.2, 0.25) is 0 Å². The van der Waals surface area contributed by atoms with Gasteiger partial charge in [0.1, 0.15) is 5.75 Å². The molecule has 9 heteroatoms. The van der Waals surface area contributed by atoms with Gasteiger partial charge in [-0.25, -0.2) is 4.79 Å². The summed E-state index contributed by atoms with van der Waals surface area (Å²) >= 11 is 0. The van der Waals surface area contributed by atoms with Gasteiger partial charge in [-0.2, -0.15) is 0 Å². The van der Waals surface area contributed by atoms with E-state index in [1.54, 1.807) is 18.2 Å². The Hall–Kier alpha value is -3.46. The minimum atomic E-state index is -0.328. The molecule has 0 atom stereocenters. The van der Waals surface area contributed by atoms with Crippen LogP contribution in [0.2, 0.25) is 0 Å². The molecule has 33 heavy (non-hydrogen) atoms. The van der Waals surface area contributed by atoms with Crippen molar-refractivity contribution in [2.75, 3.05) is 33.9 Å². The Morgan fingerprint density at radius 2 is 1.97 bits per heavy atom. The smallest absolute Gasteiger partial charge is 0.409 e. The van der Waals surface area contributed by atoms with Crippen LogP contribution in [-0.4, -0.2) is 69.5 Å². The number of carbonyl (C=O) groups is 1. The summed E-state index contributed by atoms with van der Waals surface area (Å²) in [5.74, 6) is 2.47. The summed E-state index contributed by atoms with van der Waals surface area (Å²) < 4.78 is 12.7. The number of methoxy groups -OCH3 is 2. The van der Waals surface area contributed by atoms with Crippen LogP contribution in [0.25, 0.3) is 11.4 Å². The number of aromatic nitrogens is 4. The van der Waals surface area contributed by atoms with Crippen LogP contribution >= 0.6 is 0 Å². The largest absolute Gasteiger partial charge is 0.497 e. The van der Waals surface area contributed by atoms with E-state index in [0.29, 0.717) is 13.1 Å². The number of likely N-dealkylation sites (tertiary alicyclic amines) is 1. The lowest BCUT2D eigenvalue weighted by molar-refractivity contribution is 0.0341. The molecule has 3 aromatic rings. The van der Waals surface area contributed by atoms with E-state index < -0.39 is 0 Å². The monoisotopic (exact) mass is 448 g/mol. The zero-order valence-electron chi connectivity index (χ0n) is 19.0. The molecule has 0 radical (unpaired) electrons. The van der Waals surface area contributed by atoms with Gasteiger partial charge in [-0.1, -0.05) is 12.1 Å². The van der Waals surface area contributed by atoms with Crippen molar-refractivity contribution in [3.05, 3.63) is 60.2 Å². The lowest BCUT2D eigenvalue weighted by atomic mass is 9.84. The first kappa shape index (κ1) is 21.4. The van der Waals surface area contributed by atoms with Gasteiger partial charge in [-0.3, -0.25) is 14.8 Å². The van der Waals surface area contributed by atoms with Crippen molar-refractivity contribution in [1.29, 1.82) is 0 Å². The number of carbonyl (C=O) groups excluding carboxylic acids is 1. The summed E-state index contributed by atoms with van der Waals surface area (Å²) in [4.78, 5) is 20.9. The minimum Gasteiger partial charge on any atom is -0.497 e. The topological polar surface area (TPSA) is 85.6 Å². The number of rotatable bonds is 4. The quantitative estimate of drug-likeness (QED) is 0.607. The van der Waals surface area contributed by atoms with Crippen molar-refractivity contribution in [1.82, 2.24) is 29.5 Å². The van der Waals surface area contributed by atoms with Crippen molar-refractivity contribution in [2.24, 2.45) is 0 Å². The molecule has 2 aliphatic heterocycles. The van der Waals surface area contributed by atoms with E-state index in [0.717, 1.165) is 55.4 Å². The number of hydrogen-bond donors (Lipinski definition) is 0. The Morgan fingerprint density at radius 1 is 1.12 bits per heavy atom. The van der Waals surface area contributed by atoms with E-state index in [9.17, 15) is 4.79 Å². The van der Waals surface area contributed by atoms with Gasteiger partial charge < -0.3 is 14.0 Å². The Balaban J connectivity index is 1.43. The van der Waals surface area contributed by atoms with Crippen LogP contribution in [0, 0.1) is 0 Å². The van der Waals surface area contributed by atoms with Crippen molar-refractivity contribution >= 4 is 6.09 Å². The molecule has 0 unspecified atom stereocenters. The number of ether oxygens (including phenoxy) is 2.